The van der Waals surface area contributed by atoms with E-state index in [1.165, 1.54) is 32.9 Å². The van der Waals surface area contributed by atoms with Crippen molar-refractivity contribution in [2.45, 2.75) is 26.9 Å². The second-order valence-electron chi connectivity index (χ2n) is 4.86. The number of hydrogen-bond acceptors (Lipinski definition) is 7. The molecule has 1 aromatic carbocycles. The molecule has 1 rings (SSSR count). The van der Waals surface area contributed by atoms with Crippen LogP contribution in [0.1, 0.15) is 32.4 Å². The molecule has 8 heteroatoms. The Morgan fingerprint density at radius 3 is 2.13 bits per heavy atom. The van der Waals surface area contributed by atoms with Crippen LogP contribution in [0.4, 0.5) is 0 Å². The summed E-state index contributed by atoms with van der Waals surface area (Å²) in [6.07, 6.45) is -1.04. The second-order valence-corrected chi connectivity index (χ2v) is 5.26. The van der Waals surface area contributed by atoms with E-state index in [1.54, 1.807) is 0 Å². The van der Waals surface area contributed by atoms with E-state index in [1.807, 2.05) is 0 Å². The zero-order valence-electron chi connectivity index (χ0n) is 13.0. The number of carbonyl (C=O) groups excluding carboxylic acids is 3. The first-order valence-corrected chi connectivity index (χ1v) is 7.17. The van der Waals surface area contributed by atoms with Crippen molar-refractivity contribution in [1.82, 2.24) is 5.32 Å². The number of esters is 2. The summed E-state index contributed by atoms with van der Waals surface area (Å²) in [5.74, 6) is -1.35. The predicted octanol–water partition coefficient (Wildman–Crippen LogP) is 1.40. The number of hydrogen-bond donors (Lipinski definition) is 2. The van der Waals surface area contributed by atoms with Crippen LogP contribution >= 0.6 is 11.6 Å². The molecule has 0 heterocycles. The van der Waals surface area contributed by atoms with Crippen molar-refractivity contribution in [3.05, 3.63) is 22.7 Å². The lowest BCUT2D eigenvalue weighted by Crippen LogP contribution is -2.26. The molecule has 1 aromatic rings. The number of ether oxygens (including phenoxy) is 2. The Hall–Kier alpha value is -1.96. The fourth-order valence-corrected chi connectivity index (χ4v) is 2.05. The summed E-state index contributed by atoms with van der Waals surface area (Å²) in [4.78, 5) is 33.1. The Kier molecular flexibility index (Phi) is 7.15. The molecule has 7 nitrogen and oxygen atoms in total. The van der Waals surface area contributed by atoms with E-state index in [0.717, 1.165) is 0 Å². The molecule has 0 saturated carbocycles. The van der Waals surface area contributed by atoms with Gasteiger partial charge >= 0.3 is 11.9 Å². The van der Waals surface area contributed by atoms with Crippen molar-refractivity contribution in [3.8, 4) is 11.5 Å². The summed E-state index contributed by atoms with van der Waals surface area (Å²) in [6.45, 7) is 3.98. The van der Waals surface area contributed by atoms with Crippen LogP contribution in [0.25, 0.3) is 0 Å². The molecule has 0 spiro atoms. The van der Waals surface area contributed by atoms with Gasteiger partial charge in [0.25, 0.3) is 0 Å². The molecule has 0 fully saturated rings. The zero-order chi connectivity index (χ0) is 17.6. The summed E-state index contributed by atoms with van der Waals surface area (Å²) in [7, 11) is 0. The number of ketones is 1. The summed E-state index contributed by atoms with van der Waals surface area (Å²) in [5, 5.41) is 13.0. The highest BCUT2D eigenvalue weighted by Gasteiger charge is 2.19. The zero-order valence-corrected chi connectivity index (χ0v) is 13.8. The summed E-state index contributed by atoms with van der Waals surface area (Å²) >= 11 is 6.07. The maximum atomic E-state index is 11.2. The normalized spacial score (nSPS) is 11.7. The molecule has 1 atom stereocenters. The van der Waals surface area contributed by atoms with Crippen LogP contribution in [0.2, 0.25) is 5.02 Å². The van der Waals surface area contributed by atoms with E-state index in [4.69, 9.17) is 21.1 Å². The number of aliphatic hydroxyl groups excluding tert-OH is 1. The molecular formula is C15H18ClNO6. The van der Waals surface area contributed by atoms with E-state index in [0.29, 0.717) is 0 Å². The number of halogens is 1. The summed E-state index contributed by atoms with van der Waals surface area (Å²) in [5.41, 5.74) is 0.273. The molecule has 0 aliphatic carbocycles. The molecule has 0 aliphatic heterocycles. The third-order valence-electron chi connectivity index (χ3n) is 2.64. The van der Waals surface area contributed by atoms with Crippen molar-refractivity contribution in [1.29, 1.82) is 0 Å². The molecule has 0 amide bonds. The molecule has 0 aliphatic rings. The molecule has 0 unspecified atom stereocenters. The molecule has 0 saturated heterocycles. The first-order valence-electron chi connectivity index (χ1n) is 6.79. The van der Waals surface area contributed by atoms with Gasteiger partial charge in [-0.05, 0) is 13.0 Å². The monoisotopic (exact) mass is 343 g/mol. The smallest absolute Gasteiger partial charge is 0.308 e. The van der Waals surface area contributed by atoms with E-state index >= 15 is 0 Å². The number of rotatable bonds is 7. The first-order chi connectivity index (χ1) is 10.7. The van der Waals surface area contributed by atoms with Crippen molar-refractivity contribution in [2.75, 3.05) is 13.1 Å². The van der Waals surface area contributed by atoms with E-state index in [-0.39, 0.29) is 41.0 Å². The number of benzene rings is 1. The highest BCUT2D eigenvalue weighted by Crippen LogP contribution is 2.36. The SMILES string of the molecule is CC(=O)CNC[C@@H](O)c1cc(OC(C)=O)c(OC(C)=O)cc1Cl. The van der Waals surface area contributed by atoms with Crippen LogP contribution in [0.3, 0.4) is 0 Å². The van der Waals surface area contributed by atoms with Gasteiger partial charge in [0.2, 0.25) is 0 Å². The average Bonchev–Trinajstić information content (AvgIpc) is 2.39. The topological polar surface area (TPSA) is 102 Å². The van der Waals surface area contributed by atoms with Gasteiger partial charge in [-0.25, -0.2) is 0 Å². The molecule has 23 heavy (non-hydrogen) atoms. The molecule has 0 bridgehead atoms. The van der Waals surface area contributed by atoms with Crippen LogP contribution in [0.5, 0.6) is 11.5 Å². The van der Waals surface area contributed by atoms with Gasteiger partial charge in [0.1, 0.15) is 5.78 Å². The Labute approximate surface area is 138 Å². The van der Waals surface area contributed by atoms with Gasteiger partial charge in [0.05, 0.1) is 17.7 Å². The average molecular weight is 344 g/mol. The van der Waals surface area contributed by atoms with E-state index in [2.05, 4.69) is 5.32 Å². The third kappa shape index (κ3) is 6.35. The molecule has 0 radical (unpaired) electrons. The van der Waals surface area contributed by atoms with Crippen molar-refractivity contribution in [2.24, 2.45) is 0 Å². The number of carbonyl (C=O) groups is 3. The Balaban J connectivity index is 3.05. The predicted molar refractivity (Wildman–Crippen MR) is 82.6 cm³/mol. The lowest BCUT2D eigenvalue weighted by atomic mass is 10.1. The Bertz CT molecular complexity index is 616. The van der Waals surface area contributed by atoms with Gasteiger partial charge in [-0.1, -0.05) is 11.6 Å². The van der Waals surface area contributed by atoms with Gasteiger partial charge in [-0.15, -0.1) is 0 Å². The van der Waals surface area contributed by atoms with Gasteiger partial charge in [-0.2, -0.15) is 0 Å². The van der Waals surface area contributed by atoms with E-state index < -0.39 is 18.0 Å². The van der Waals surface area contributed by atoms with Crippen LogP contribution < -0.4 is 14.8 Å². The van der Waals surface area contributed by atoms with Gasteiger partial charge in [0.15, 0.2) is 11.5 Å². The van der Waals surface area contributed by atoms with Gasteiger partial charge in [-0.3, -0.25) is 14.4 Å². The van der Waals surface area contributed by atoms with Crippen molar-refractivity contribution >= 4 is 29.3 Å². The number of aliphatic hydroxyl groups is 1. The lowest BCUT2D eigenvalue weighted by Gasteiger charge is -2.16. The van der Waals surface area contributed by atoms with Crippen molar-refractivity contribution < 1.29 is 29.0 Å². The van der Waals surface area contributed by atoms with Crippen LogP contribution in [0.15, 0.2) is 12.1 Å². The minimum absolute atomic E-state index is 0.0228. The fraction of sp³-hybridized carbons (Fsp3) is 0.400. The number of Topliss-reactive ketones (excluding diaryl/α,β-unsaturated/α-hetero) is 1. The maximum Gasteiger partial charge on any atom is 0.308 e. The van der Waals surface area contributed by atoms with E-state index in [9.17, 15) is 19.5 Å². The van der Waals surface area contributed by atoms with Crippen LogP contribution in [-0.4, -0.2) is 35.9 Å². The standard InChI is InChI=1S/C15H18ClNO6/c1-8(18)6-17-7-13(21)11-4-14(22-9(2)19)15(5-12(11)16)23-10(3)20/h4-5,13,17,21H,6-7H2,1-3H3/t13-/m1/s1. The largest absolute Gasteiger partial charge is 0.423 e. The Morgan fingerprint density at radius 2 is 1.65 bits per heavy atom. The highest BCUT2D eigenvalue weighted by atomic mass is 35.5. The van der Waals surface area contributed by atoms with Crippen LogP contribution in [0, 0.1) is 0 Å². The highest BCUT2D eigenvalue weighted by molar-refractivity contribution is 6.31. The quantitative estimate of drug-likeness (QED) is 0.570. The maximum absolute atomic E-state index is 11.2. The molecule has 126 valence electrons. The minimum atomic E-state index is -1.04. The minimum Gasteiger partial charge on any atom is -0.423 e. The molecule has 0 aromatic heterocycles. The van der Waals surface area contributed by atoms with Gasteiger partial charge in [0, 0.05) is 32.0 Å². The fourth-order valence-electron chi connectivity index (χ4n) is 1.77. The number of nitrogens with one attached hydrogen (secondary N) is 1. The summed E-state index contributed by atoms with van der Waals surface area (Å²) < 4.78 is 9.91. The van der Waals surface area contributed by atoms with Crippen molar-refractivity contribution in [3.63, 3.8) is 0 Å². The third-order valence-corrected chi connectivity index (χ3v) is 2.97. The van der Waals surface area contributed by atoms with Gasteiger partial charge < -0.3 is 19.9 Å². The summed E-state index contributed by atoms with van der Waals surface area (Å²) in [6, 6.07) is 2.60. The lowest BCUT2D eigenvalue weighted by molar-refractivity contribution is -0.134. The second kappa shape index (κ2) is 8.61. The molecular weight excluding hydrogens is 326 g/mol. The first kappa shape index (κ1) is 19.1. The molecule has 2 N–H and O–H groups in total. The van der Waals surface area contributed by atoms with Crippen LogP contribution in [-0.2, 0) is 14.4 Å². The Morgan fingerprint density at radius 1 is 1.13 bits per heavy atom.